The number of nitrogens with zero attached hydrogens (tertiary/aromatic N) is 3. The van der Waals surface area contributed by atoms with Crippen LogP contribution < -0.4 is 15.4 Å². The van der Waals surface area contributed by atoms with E-state index in [2.05, 4.69) is 15.9 Å². The van der Waals surface area contributed by atoms with E-state index in [9.17, 15) is 4.39 Å². The van der Waals surface area contributed by atoms with Gasteiger partial charge in [-0.05, 0) is 66.2 Å². The van der Waals surface area contributed by atoms with Crippen LogP contribution in [0.25, 0.3) is 22.2 Å². The number of fused-ring (bicyclic) bond motifs is 1. The molecule has 2 heterocycles. The van der Waals surface area contributed by atoms with Crippen LogP contribution in [0.1, 0.15) is 16.9 Å². The lowest BCUT2D eigenvalue weighted by Gasteiger charge is -2.19. The average Bonchev–Trinajstić information content (AvgIpc) is 3.36. The monoisotopic (exact) mass is 478 g/mol. The standard InChI is InChI=1S/C29H23FN4O2/c1-3-20-14-23(8-11-27(20)35-17-19-5-4-6-22(30)13-19)34(2)16-24-9-12-28(36-24)21-7-10-26-25(15-21)29(31)33-18-32-26/h1,4-15,18H,16-17H2,2H3,(H2,31,32,33). The maximum absolute atomic E-state index is 13.4. The van der Waals surface area contributed by atoms with Crippen molar-refractivity contribution in [3.8, 4) is 29.4 Å². The van der Waals surface area contributed by atoms with E-state index >= 15 is 0 Å². The van der Waals surface area contributed by atoms with Gasteiger partial charge in [0.15, 0.2) is 0 Å². The molecule has 0 saturated heterocycles. The van der Waals surface area contributed by atoms with Crippen LogP contribution in [0.3, 0.4) is 0 Å². The molecule has 3 aromatic carbocycles. The Morgan fingerprint density at radius 2 is 1.94 bits per heavy atom. The van der Waals surface area contributed by atoms with Gasteiger partial charge in [-0.3, -0.25) is 0 Å². The van der Waals surface area contributed by atoms with Crippen LogP contribution in [0.5, 0.6) is 5.75 Å². The van der Waals surface area contributed by atoms with Crippen LogP contribution in [0.2, 0.25) is 0 Å². The molecular formula is C29H23FN4O2. The minimum atomic E-state index is -0.301. The fraction of sp³-hybridized carbons (Fsp3) is 0.103. The van der Waals surface area contributed by atoms with Crippen molar-refractivity contribution in [1.82, 2.24) is 9.97 Å². The Hall–Kier alpha value is -4.83. The van der Waals surface area contributed by atoms with Crippen LogP contribution in [-0.2, 0) is 13.2 Å². The van der Waals surface area contributed by atoms with Crippen LogP contribution in [0, 0.1) is 18.2 Å². The number of ether oxygens (including phenoxy) is 1. The smallest absolute Gasteiger partial charge is 0.135 e. The van der Waals surface area contributed by atoms with Gasteiger partial charge in [0.25, 0.3) is 0 Å². The maximum atomic E-state index is 13.4. The molecule has 2 N–H and O–H groups in total. The molecule has 0 aliphatic carbocycles. The third-order valence-electron chi connectivity index (χ3n) is 5.85. The number of aromatic nitrogens is 2. The van der Waals surface area contributed by atoms with E-state index in [0.29, 0.717) is 23.7 Å². The second-order valence-corrected chi connectivity index (χ2v) is 8.36. The summed E-state index contributed by atoms with van der Waals surface area (Å²) < 4.78 is 25.4. The largest absolute Gasteiger partial charge is 0.488 e. The van der Waals surface area contributed by atoms with Gasteiger partial charge in [-0.15, -0.1) is 6.42 Å². The first kappa shape index (κ1) is 22.9. The summed E-state index contributed by atoms with van der Waals surface area (Å²) in [4.78, 5) is 10.3. The molecule has 2 aromatic heterocycles. The molecule has 0 saturated carbocycles. The van der Waals surface area contributed by atoms with Crippen molar-refractivity contribution < 1.29 is 13.5 Å². The molecule has 0 fully saturated rings. The molecule has 0 amide bonds. The van der Waals surface area contributed by atoms with Crippen molar-refractivity contribution in [2.75, 3.05) is 17.7 Å². The first-order chi connectivity index (χ1) is 17.5. The van der Waals surface area contributed by atoms with Crippen molar-refractivity contribution in [1.29, 1.82) is 0 Å². The Morgan fingerprint density at radius 1 is 1.06 bits per heavy atom. The molecule has 6 nitrogen and oxygen atoms in total. The van der Waals surface area contributed by atoms with E-state index in [-0.39, 0.29) is 12.4 Å². The molecule has 0 aliphatic heterocycles. The quantitative estimate of drug-likeness (QED) is 0.298. The van der Waals surface area contributed by atoms with E-state index in [1.165, 1.54) is 18.5 Å². The van der Waals surface area contributed by atoms with Crippen LogP contribution in [0.4, 0.5) is 15.9 Å². The van der Waals surface area contributed by atoms with Gasteiger partial charge in [0, 0.05) is 23.7 Å². The van der Waals surface area contributed by atoms with Crippen LogP contribution >= 0.6 is 0 Å². The fourth-order valence-corrected chi connectivity index (χ4v) is 3.95. The van der Waals surface area contributed by atoms with Crippen molar-refractivity contribution in [3.05, 3.63) is 102 Å². The van der Waals surface area contributed by atoms with Gasteiger partial charge in [0.2, 0.25) is 0 Å². The zero-order valence-electron chi connectivity index (χ0n) is 19.6. The number of halogens is 1. The normalized spacial score (nSPS) is 10.8. The number of hydrogen-bond donors (Lipinski definition) is 1. The third-order valence-corrected chi connectivity index (χ3v) is 5.85. The van der Waals surface area contributed by atoms with Crippen LogP contribution in [0.15, 0.2) is 83.5 Å². The second kappa shape index (κ2) is 9.80. The summed E-state index contributed by atoms with van der Waals surface area (Å²) >= 11 is 0. The summed E-state index contributed by atoms with van der Waals surface area (Å²) in [5.41, 5.74) is 9.94. The number of furan rings is 1. The molecule has 0 atom stereocenters. The highest BCUT2D eigenvalue weighted by Crippen LogP contribution is 2.29. The number of terminal acetylenes is 1. The maximum Gasteiger partial charge on any atom is 0.135 e. The van der Waals surface area contributed by atoms with Crippen LogP contribution in [-0.4, -0.2) is 17.0 Å². The summed E-state index contributed by atoms with van der Waals surface area (Å²) in [5, 5.41) is 0.784. The summed E-state index contributed by atoms with van der Waals surface area (Å²) in [6, 6.07) is 21.6. The molecular weight excluding hydrogens is 455 g/mol. The third kappa shape index (κ3) is 4.84. The van der Waals surface area contributed by atoms with Gasteiger partial charge < -0.3 is 19.8 Å². The van der Waals surface area contributed by atoms with E-state index in [1.807, 2.05) is 60.5 Å². The van der Waals surface area contributed by atoms with Gasteiger partial charge in [-0.1, -0.05) is 18.1 Å². The molecule has 0 spiro atoms. The Morgan fingerprint density at radius 3 is 2.78 bits per heavy atom. The van der Waals surface area contributed by atoms with E-state index in [4.69, 9.17) is 21.3 Å². The van der Waals surface area contributed by atoms with Crippen molar-refractivity contribution in [2.24, 2.45) is 0 Å². The molecule has 5 rings (SSSR count). The SMILES string of the molecule is C#Cc1cc(N(C)Cc2ccc(-c3ccc4ncnc(N)c4c3)o2)ccc1OCc1cccc(F)c1. The van der Waals surface area contributed by atoms with Crippen molar-refractivity contribution >= 4 is 22.4 Å². The lowest BCUT2D eigenvalue weighted by molar-refractivity contribution is 0.305. The highest BCUT2D eigenvalue weighted by Gasteiger charge is 2.12. The highest BCUT2D eigenvalue weighted by atomic mass is 19.1. The van der Waals surface area contributed by atoms with E-state index < -0.39 is 0 Å². The van der Waals surface area contributed by atoms with Crippen molar-refractivity contribution in [3.63, 3.8) is 0 Å². The topological polar surface area (TPSA) is 77.4 Å². The highest BCUT2D eigenvalue weighted by molar-refractivity contribution is 5.91. The average molecular weight is 479 g/mol. The Balaban J connectivity index is 1.29. The Labute approximate surface area is 208 Å². The van der Waals surface area contributed by atoms with E-state index in [1.54, 1.807) is 12.1 Å². The summed E-state index contributed by atoms with van der Waals surface area (Å²) in [6.07, 6.45) is 7.19. The molecule has 7 heteroatoms. The first-order valence-electron chi connectivity index (χ1n) is 11.3. The van der Waals surface area contributed by atoms with E-state index in [0.717, 1.165) is 39.2 Å². The van der Waals surface area contributed by atoms with Gasteiger partial charge in [-0.2, -0.15) is 0 Å². The van der Waals surface area contributed by atoms with Gasteiger partial charge in [-0.25, -0.2) is 14.4 Å². The van der Waals surface area contributed by atoms with Gasteiger partial charge in [0.05, 0.1) is 17.6 Å². The number of rotatable bonds is 7. The molecule has 0 radical (unpaired) electrons. The summed E-state index contributed by atoms with van der Waals surface area (Å²) in [7, 11) is 1.96. The van der Waals surface area contributed by atoms with Gasteiger partial charge >= 0.3 is 0 Å². The lowest BCUT2D eigenvalue weighted by atomic mass is 10.1. The predicted molar refractivity (Wildman–Crippen MR) is 139 cm³/mol. The summed E-state index contributed by atoms with van der Waals surface area (Å²) in [6.45, 7) is 0.760. The second-order valence-electron chi connectivity index (χ2n) is 8.36. The minimum Gasteiger partial charge on any atom is -0.488 e. The number of anilines is 2. The fourth-order valence-electron chi connectivity index (χ4n) is 3.95. The molecule has 5 aromatic rings. The number of hydrogen-bond acceptors (Lipinski definition) is 6. The molecule has 178 valence electrons. The number of nitrogen functional groups attached to an aromatic ring is 1. The number of nitrogens with two attached hydrogens (primary N) is 1. The summed E-state index contributed by atoms with van der Waals surface area (Å²) in [5.74, 6) is 4.90. The molecule has 36 heavy (non-hydrogen) atoms. The Bertz CT molecular complexity index is 1590. The zero-order chi connectivity index (χ0) is 25.1. The van der Waals surface area contributed by atoms with Gasteiger partial charge in [0.1, 0.15) is 41.8 Å². The predicted octanol–water partition coefficient (Wildman–Crippen LogP) is 5.81. The first-order valence-corrected chi connectivity index (χ1v) is 11.3. The molecule has 0 bridgehead atoms. The minimum absolute atomic E-state index is 0.226. The number of benzene rings is 3. The lowest BCUT2D eigenvalue weighted by Crippen LogP contribution is -2.16. The molecule has 0 unspecified atom stereocenters. The Kier molecular flexibility index (Phi) is 6.25. The van der Waals surface area contributed by atoms with Crippen molar-refractivity contribution in [2.45, 2.75) is 13.2 Å². The molecule has 0 aliphatic rings. The zero-order valence-corrected chi connectivity index (χ0v) is 19.6.